The Morgan fingerprint density at radius 1 is 1.44 bits per heavy atom. The number of likely N-dealkylation sites (tertiary alicyclic amines) is 1. The van der Waals surface area contributed by atoms with Gasteiger partial charge in [0.1, 0.15) is 0 Å². The van der Waals surface area contributed by atoms with Crippen molar-refractivity contribution in [1.82, 2.24) is 15.2 Å². The van der Waals surface area contributed by atoms with Crippen LogP contribution >= 0.6 is 0 Å². The fourth-order valence-corrected chi connectivity index (χ4v) is 3.05. The molecule has 1 aliphatic rings. The van der Waals surface area contributed by atoms with Crippen molar-refractivity contribution in [2.24, 2.45) is 0 Å². The van der Waals surface area contributed by atoms with Gasteiger partial charge in [0.05, 0.1) is 19.1 Å². The van der Waals surface area contributed by atoms with Gasteiger partial charge in [0.15, 0.2) is 0 Å². The van der Waals surface area contributed by atoms with Crippen LogP contribution in [0.15, 0.2) is 30.5 Å². The minimum Gasteiger partial charge on any atom is -0.343 e. The maximum absolute atomic E-state index is 13.6. The number of benzene rings is 1. The van der Waals surface area contributed by atoms with Crippen LogP contribution in [0.5, 0.6) is 0 Å². The van der Waals surface area contributed by atoms with Gasteiger partial charge in [-0.25, -0.2) is 8.78 Å². The number of nitrogens with one attached hydrogen (secondary N) is 2. The molecule has 0 bridgehead atoms. The predicted octanol–water partition coefficient (Wildman–Crippen LogP) is 2.04. The molecule has 2 amide bonds. The van der Waals surface area contributed by atoms with Crippen molar-refractivity contribution in [3.8, 4) is 0 Å². The van der Waals surface area contributed by atoms with E-state index in [1.54, 1.807) is 18.2 Å². The van der Waals surface area contributed by atoms with Gasteiger partial charge in [0.25, 0.3) is 5.92 Å². The number of hydrogen-bond donors (Lipinski definition) is 2. The number of hydrogen-bond acceptors (Lipinski definition) is 4. The van der Waals surface area contributed by atoms with Crippen LogP contribution in [-0.4, -0.2) is 52.5 Å². The van der Waals surface area contributed by atoms with Gasteiger partial charge in [-0.1, -0.05) is 5.39 Å². The Hall–Kier alpha value is -2.39. The second-order valence-corrected chi connectivity index (χ2v) is 6.26. The summed E-state index contributed by atoms with van der Waals surface area (Å²) in [5.74, 6) is -4.16. The summed E-state index contributed by atoms with van der Waals surface area (Å²) in [6, 6.07) is 8.43. The fourth-order valence-electron chi connectivity index (χ4n) is 3.05. The SMILES string of the molecule is CC(=N)[C@@H]1CC(F)(F)CN1C(=O)CNC(=O)c1ccnc2c[c-]ccc12.[Co]. The van der Waals surface area contributed by atoms with E-state index in [1.165, 1.54) is 19.2 Å². The number of pyridine rings is 1. The number of amides is 2. The first-order valence-electron chi connectivity index (χ1n) is 8.04. The second-order valence-electron chi connectivity index (χ2n) is 6.26. The van der Waals surface area contributed by atoms with Crippen LogP contribution in [0.2, 0.25) is 0 Å². The molecule has 1 fully saturated rings. The molecule has 0 aliphatic carbocycles. The molecule has 145 valence electrons. The Morgan fingerprint density at radius 3 is 2.89 bits per heavy atom. The van der Waals surface area contributed by atoms with Crippen molar-refractivity contribution in [1.29, 1.82) is 5.41 Å². The zero-order valence-electron chi connectivity index (χ0n) is 14.4. The van der Waals surface area contributed by atoms with Gasteiger partial charge in [-0.15, -0.1) is 0 Å². The van der Waals surface area contributed by atoms with Crippen molar-refractivity contribution >= 4 is 28.4 Å². The minimum absolute atomic E-state index is 0. The van der Waals surface area contributed by atoms with Crippen molar-refractivity contribution < 1.29 is 35.1 Å². The van der Waals surface area contributed by atoms with Gasteiger partial charge < -0.3 is 20.6 Å². The fraction of sp³-hybridized carbons (Fsp3) is 0.333. The first-order chi connectivity index (χ1) is 12.3. The topological polar surface area (TPSA) is 86.2 Å². The van der Waals surface area contributed by atoms with Crippen LogP contribution in [0.4, 0.5) is 8.78 Å². The number of nitrogens with zero attached hydrogens (tertiary/aromatic N) is 2. The summed E-state index contributed by atoms with van der Waals surface area (Å²) in [5.41, 5.74) is 0.923. The number of carbonyl (C=O) groups excluding carboxylic acids is 2. The Labute approximate surface area is 165 Å². The molecule has 6 nitrogen and oxygen atoms in total. The summed E-state index contributed by atoms with van der Waals surface area (Å²) in [7, 11) is 0. The summed E-state index contributed by atoms with van der Waals surface area (Å²) in [5, 5.41) is 10.7. The minimum atomic E-state index is -3.02. The Morgan fingerprint density at radius 2 is 2.19 bits per heavy atom. The van der Waals surface area contributed by atoms with Crippen molar-refractivity contribution in [3.63, 3.8) is 0 Å². The van der Waals surface area contributed by atoms with Crippen LogP contribution in [-0.2, 0) is 21.6 Å². The summed E-state index contributed by atoms with van der Waals surface area (Å²) in [6.45, 7) is 0.239. The van der Waals surface area contributed by atoms with Crippen molar-refractivity contribution in [2.45, 2.75) is 25.3 Å². The molecule has 0 saturated carbocycles. The van der Waals surface area contributed by atoms with Crippen LogP contribution in [0.3, 0.4) is 0 Å². The molecule has 2 heterocycles. The van der Waals surface area contributed by atoms with Gasteiger partial charge in [0.2, 0.25) is 11.8 Å². The normalized spacial score (nSPS) is 18.0. The molecule has 0 spiro atoms. The van der Waals surface area contributed by atoms with Crippen molar-refractivity contribution in [3.05, 3.63) is 42.1 Å². The standard InChI is InChI=1S/C18H17F2N4O2.Co/c1-11(21)15-8-18(19,20)10-24(15)16(25)9-23-17(26)13-6-7-22-14-5-3-2-4-12(13)14;/h2,4-7,15,21H,8-10H2,1H3,(H,23,26);/q-1;/t15-;/m0./s1. The van der Waals surface area contributed by atoms with Gasteiger partial charge in [-0.3, -0.25) is 9.59 Å². The predicted molar refractivity (Wildman–Crippen MR) is 91.4 cm³/mol. The zero-order valence-corrected chi connectivity index (χ0v) is 15.4. The molecule has 2 aromatic rings. The third kappa shape index (κ3) is 4.48. The Balaban J connectivity index is 0.00000261. The van der Waals surface area contributed by atoms with E-state index in [0.29, 0.717) is 16.5 Å². The maximum atomic E-state index is 13.6. The van der Waals surface area contributed by atoms with Gasteiger partial charge in [0, 0.05) is 40.7 Å². The van der Waals surface area contributed by atoms with E-state index in [-0.39, 0.29) is 22.5 Å². The third-order valence-corrected chi connectivity index (χ3v) is 4.32. The van der Waals surface area contributed by atoms with Crippen LogP contribution in [0, 0.1) is 11.5 Å². The second kappa shape index (κ2) is 8.09. The van der Waals surface area contributed by atoms with Crippen LogP contribution in [0.25, 0.3) is 10.9 Å². The van der Waals surface area contributed by atoms with E-state index in [4.69, 9.17) is 5.41 Å². The maximum Gasteiger partial charge on any atom is 0.267 e. The van der Waals surface area contributed by atoms with Gasteiger partial charge in [-0.2, -0.15) is 24.3 Å². The molecular formula is C18H17CoF2N4O2-. The summed E-state index contributed by atoms with van der Waals surface area (Å²) < 4.78 is 27.2. The molecule has 1 aliphatic heterocycles. The van der Waals surface area contributed by atoms with Crippen LogP contribution in [0.1, 0.15) is 23.7 Å². The van der Waals surface area contributed by atoms with E-state index in [2.05, 4.69) is 16.4 Å². The number of rotatable bonds is 4. The molecule has 1 saturated heterocycles. The average molecular weight is 418 g/mol. The molecule has 1 aromatic heterocycles. The monoisotopic (exact) mass is 418 g/mol. The van der Waals surface area contributed by atoms with E-state index in [9.17, 15) is 18.4 Å². The molecule has 1 radical (unpaired) electrons. The third-order valence-electron chi connectivity index (χ3n) is 4.32. The molecule has 9 heteroatoms. The summed E-state index contributed by atoms with van der Waals surface area (Å²) >= 11 is 0. The van der Waals surface area contributed by atoms with E-state index < -0.39 is 43.3 Å². The Bertz CT molecular complexity index is 885. The molecule has 1 atom stereocenters. The number of carbonyl (C=O) groups is 2. The largest absolute Gasteiger partial charge is 0.343 e. The first kappa shape index (κ1) is 20.9. The van der Waals surface area contributed by atoms with E-state index >= 15 is 0 Å². The zero-order chi connectivity index (χ0) is 18.9. The number of halogens is 2. The smallest absolute Gasteiger partial charge is 0.267 e. The van der Waals surface area contributed by atoms with Gasteiger partial charge in [-0.05, 0) is 18.5 Å². The molecular weight excluding hydrogens is 401 g/mol. The van der Waals surface area contributed by atoms with Gasteiger partial charge >= 0.3 is 0 Å². The number of alkyl halides is 2. The Kier molecular flexibility index (Phi) is 6.27. The molecule has 2 N–H and O–H groups in total. The van der Waals surface area contributed by atoms with Crippen molar-refractivity contribution in [2.75, 3.05) is 13.1 Å². The average Bonchev–Trinajstić information content (AvgIpc) is 2.95. The quantitative estimate of drug-likeness (QED) is 0.589. The molecule has 0 unspecified atom stereocenters. The first-order valence-corrected chi connectivity index (χ1v) is 8.04. The summed E-state index contributed by atoms with van der Waals surface area (Å²) in [4.78, 5) is 29.8. The molecule has 3 rings (SSSR count). The molecule has 27 heavy (non-hydrogen) atoms. The molecule has 1 aromatic carbocycles. The van der Waals surface area contributed by atoms with E-state index in [1.807, 2.05) is 0 Å². The van der Waals surface area contributed by atoms with Crippen LogP contribution < -0.4 is 5.32 Å². The number of fused-ring (bicyclic) bond motifs is 1. The number of aromatic nitrogens is 1. The summed E-state index contributed by atoms with van der Waals surface area (Å²) in [6.07, 6.45) is 0.913. The van der Waals surface area contributed by atoms with E-state index in [0.717, 1.165) is 4.90 Å².